The Hall–Kier alpha value is -1.77. The van der Waals surface area contributed by atoms with Gasteiger partial charge in [0.2, 0.25) is 0 Å². The molecule has 0 aromatic carbocycles. The minimum absolute atomic E-state index is 0.0621. The summed E-state index contributed by atoms with van der Waals surface area (Å²) in [6, 6.07) is 0. The van der Waals surface area contributed by atoms with Crippen LogP contribution in [0.15, 0.2) is 11.1 Å². The van der Waals surface area contributed by atoms with Gasteiger partial charge in [0.1, 0.15) is 4.83 Å². The largest absolute Gasteiger partial charge is 0.379 e. The molecule has 1 fully saturated rings. The summed E-state index contributed by atoms with van der Waals surface area (Å²) in [7, 11) is 0. The molecule has 136 valence electrons. The van der Waals surface area contributed by atoms with Crippen molar-refractivity contribution in [1.29, 1.82) is 0 Å². The Morgan fingerprint density at radius 2 is 2.12 bits per heavy atom. The van der Waals surface area contributed by atoms with Crippen molar-refractivity contribution in [2.24, 2.45) is 0 Å². The Kier molecular flexibility index (Phi) is 5.82. The molecule has 2 aromatic heterocycles. The van der Waals surface area contributed by atoms with Gasteiger partial charge in [-0.2, -0.15) is 0 Å². The molecule has 1 saturated heterocycles. The molecule has 0 aliphatic carbocycles. The second kappa shape index (κ2) is 8.07. The summed E-state index contributed by atoms with van der Waals surface area (Å²) in [4.78, 5) is 32.9. The van der Waals surface area contributed by atoms with Crippen molar-refractivity contribution in [3.63, 3.8) is 0 Å². The summed E-state index contributed by atoms with van der Waals surface area (Å²) in [6.07, 6.45) is 2.44. The van der Waals surface area contributed by atoms with E-state index in [1.807, 2.05) is 13.8 Å². The topological polar surface area (TPSA) is 76.5 Å². The monoisotopic (exact) mass is 364 g/mol. The third-order valence-electron chi connectivity index (χ3n) is 4.41. The highest BCUT2D eigenvalue weighted by atomic mass is 32.1. The first-order valence-corrected chi connectivity index (χ1v) is 9.50. The van der Waals surface area contributed by atoms with E-state index in [9.17, 15) is 9.59 Å². The Bertz CT molecular complexity index is 808. The molecule has 1 amide bonds. The number of aryl methyl sites for hydroxylation is 2. The molecular formula is C17H24N4O3S. The number of fused-ring (bicyclic) bond motifs is 1. The molecule has 2 aromatic rings. The minimum Gasteiger partial charge on any atom is -0.379 e. The molecule has 0 radical (unpaired) electrons. The second-order valence-electron chi connectivity index (χ2n) is 6.19. The lowest BCUT2D eigenvalue weighted by Crippen LogP contribution is -2.41. The van der Waals surface area contributed by atoms with E-state index >= 15 is 0 Å². The zero-order chi connectivity index (χ0) is 17.8. The number of ether oxygens (including phenoxy) is 1. The third-order valence-corrected chi connectivity index (χ3v) is 5.60. The molecule has 3 rings (SSSR count). The smallest absolute Gasteiger partial charge is 0.262 e. The highest BCUT2D eigenvalue weighted by Gasteiger charge is 2.19. The number of nitrogens with zero attached hydrogens (tertiary/aromatic N) is 3. The highest BCUT2D eigenvalue weighted by Crippen LogP contribution is 2.26. The van der Waals surface area contributed by atoms with E-state index in [1.165, 1.54) is 11.3 Å². The maximum Gasteiger partial charge on any atom is 0.262 e. The van der Waals surface area contributed by atoms with E-state index in [0.717, 1.165) is 44.8 Å². The van der Waals surface area contributed by atoms with Crippen LogP contribution in [0.25, 0.3) is 10.2 Å². The van der Waals surface area contributed by atoms with E-state index < -0.39 is 0 Å². The summed E-state index contributed by atoms with van der Waals surface area (Å²) in [5.74, 6) is -0.129. The van der Waals surface area contributed by atoms with Crippen molar-refractivity contribution in [2.45, 2.75) is 26.8 Å². The number of carbonyl (C=O) groups excluding carboxylic acids is 1. The number of aromatic nitrogens is 2. The summed E-state index contributed by atoms with van der Waals surface area (Å²) in [6.45, 7) is 9.17. The first-order valence-electron chi connectivity index (χ1n) is 8.68. The van der Waals surface area contributed by atoms with Gasteiger partial charge in [-0.1, -0.05) is 6.92 Å². The van der Waals surface area contributed by atoms with Gasteiger partial charge in [-0.05, 0) is 18.9 Å². The molecule has 1 aliphatic heterocycles. The van der Waals surface area contributed by atoms with Gasteiger partial charge >= 0.3 is 0 Å². The predicted molar refractivity (Wildman–Crippen MR) is 98.5 cm³/mol. The van der Waals surface area contributed by atoms with Gasteiger partial charge in [0.25, 0.3) is 11.5 Å². The molecular weight excluding hydrogens is 340 g/mol. The molecule has 7 nitrogen and oxygen atoms in total. The van der Waals surface area contributed by atoms with Gasteiger partial charge in [0.15, 0.2) is 0 Å². The quantitative estimate of drug-likeness (QED) is 0.835. The number of carbonyl (C=O) groups is 1. The molecule has 0 spiro atoms. The first kappa shape index (κ1) is 18.0. The SMILES string of the molecule is CCCn1cnc2sc(C(=O)NCCN3CCOCC3)c(C)c2c1=O. The van der Waals surface area contributed by atoms with Gasteiger partial charge in [-0.15, -0.1) is 11.3 Å². The van der Waals surface area contributed by atoms with E-state index in [2.05, 4.69) is 15.2 Å². The zero-order valence-corrected chi connectivity index (χ0v) is 15.5. The van der Waals surface area contributed by atoms with E-state index in [-0.39, 0.29) is 11.5 Å². The summed E-state index contributed by atoms with van der Waals surface area (Å²) >= 11 is 1.29. The average Bonchev–Trinajstić information content (AvgIpc) is 2.96. The minimum atomic E-state index is -0.129. The molecule has 0 atom stereocenters. The van der Waals surface area contributed by atoms with E-state index in [1.54, 1.807) is 10.9 Å². The number of rotatable bonds is 6. The van der Waals surface area contributed by atoms with Gasteiger partial charge < -0.3 is 10.1 Å². The fourth-order valence-electron chi connectivity index (χ4n) is 3.01. The van der Waals surface area contributed by atoms with Gasteiger partial charge in [-0.3, -0.25) is 19.1 Å². The Labute approximate surface area is 150 Å². The van der Waals surface area contributed by atoms with Crippen molar-refractivity contribution in [3.05, 3.63) is 27.1 Å². The van der Waals surface area contributed by atoms with Crippen LogP contribution in [0.5, 0.6) is 0 Å². The fourth-order valence-corrected chi connectivity index (χ4v) is 4.06. The number of hydrogen-bond acceptors (Lipinski definition) is 6. The van der Waals surface area contributed by atoms with Crippen LogP contribution in [0.4, 0.5) is 0 Å². The van der Waals surface area contributed by atoms with Crippen molar-refractivity contribution >= 4 is 27.5 Å². The van der Waals surface area contributed by atoms with Crippen LogP contribution in [-0.4, -0.2) is 59.8 Å². The van der Waals surface area contributed by atoms with Crippen LogP contribution in [0.3, 0.4) is 0 Å². The molecule has 8 heteroatoms. The van der Waals surface area contributed by atoms with Gasteiger partial charge in [0.05, 0.1) is 29.8 Å². The lowest BCUT2D eigenvalue weighted by molar-refractivity contribution is 0.0383. The molecule has 1 N–H and O–H groups in total. The predicted octanol–water partition coefficient (Wildman–Crippen LogP) is 1.24. The normalized spacial score (nSPS) is 15.6. The standard InChI is InChI=1S/C17H24N4O3S/c1-3-5-21-11-19-16-13(17(21)23)12(2)14(25-16)15(22)18-4-6-20-7-9-24-10-8-20/h11H,3-10H2,1-2H3,(H,18,22). The molecule has 0 saturated carbocycles. The van der Waals surface area contributed by atoms with Crippen molar-refractivity contribution in [3.8, 4) is 0 Å². The Morgan fingerprint density at radius 3 is 2.84 bits per heavy atom. The molecule has 1 aliphatic rings. The highest BCUT2D eigenvalue weighted by molar-refractivity contribution is 7.20. The van der Waals surface area contributed by atoms with Crippen molar-refractivity contribution in [1.82, 2.24) is 19.8 Å². The molecule has 0 unspecified atom stereocenters. The van der Waals surface area contributed by atoms with E-state index in [0.29, 0.717) is 28.2 Å². The number of hydrogen-bond donors (Lipinski definition) is 1. The summed E-state index contributed by atoms with van der Waals surface area (Å²) in [5.41, 5.74) is 0.666. The molecule has 3 heterocycles. The summed E-state index contributed by atoms with van der Waals surface area (Å²) in [5, 5.41) is 3.53. The fraction of sp³-hybridized carbons (Fsp3) is 0.588. The van der Waals surface area contributed by atoms with Crippen molar-refractivity contribution in [2.75, 3.05) is 39.4 Å². The summed E-state index contributed by atoms with van der Waals surface area (Å²) < 4.78 is 6.93. The maximum absolute atomic E-state index is 12.6. The lowest BCUT2D eigenvalue weighted by atomic mass is 10.2. The van der Waals surface area contributed by atoms with Gasteiger partial charge in [0, 0.05) is 32.7 Å². The Balaban J connectivity index is 1.72. The molecule has 0 bridgehead atoms. The second-order valence-corrected chi connectivity index (χ2v) is 7.19. The van der Waals surface area contributed by atoms with Gasteiger partial charge in [-0.25, -0.2) is 4.98 Å². The number of nitrogens with one attached hydrogen (secondary N) is 1. The number of amides is 1. The van der Waals surface area contributed by atoms with Crippen LogP contribution >= 0.6 is 11.3 Å². The first-order chi connectivity index (χ1) is 12.1. The lowest BCUT2D eigenvalue weighted by Gasteiger charge is -2.26. The average molecular weight is 364 g/mol. The van der Waals surface area contributed by atoms with Crippen LogP contribution in [0, 0.1) is 6.92 Å². The third kappa shape index (κ3) is 3.91. The molecule has 25 heavy (non-hydrogen) atoms. The van der Waals surface area contributed by atoms with Crippen molar-refractivity contribution < 1.29 is 9.53 Å². The maximum atomic E-state index is 12.6. The van der Waals surface area contributed by atoms with Crippen LogP contribution in [-0.2, 0) is 11.3 Å². The van der Waals surface area contributed by atoms with Crippen LogP contribution in [0.1, 0.15) is 28.6 Å². The number of morpholine rings is 1. The Morgan fingerprint density at radius 1 is 1.36 bits per heavy atom. The number of thiophene rings is 1. The zero-order valence-electron chi connectivity index (χ0n) is 14.7. The van der Waals surface area contributed by atoms with Crippen LogP contribution < -0.4 is 10.9 Å². The van der Waals surface area contributed by atoms with E-state index in [4.69, 9.17) is 4.74 Å². The van der Waals surface area contributed by atoms with Crippen LogP contribution in [0.2, 0.25) is 0 Å².